The van der Waals surface area contributed by atoms with Gasteiger partial charge in [-0.15, -0.1) is 0 Å². The molecule has 106 valence electrons. The normalized spacial score (nSPS) is 25.4. The van der Waals surface area contributed by atoms with Crippen LogP contribution < -0.4 is 5.73 Å². The van der Waals surface area contributed by atoms with Gasteiger partial charge in [-0.1, -0.05) is 18.5 Å². The van der Waals surface area contributed by atoms with Gasteiger partial charge in [-0.25, -0.2) is 8.42 Å². The van der Waals surface area contributed by atoms with Crippen LogP contribution in [-0.4, -0.2) is 36.3 Å². The highest BCUT2D eigenvalue weighted by Gasteiger charge is 2.35. The smallest absolute Gasteiger partial charge is 0.243 e. The first kappa shape index (κ1) is 15.0. The molecule has 1 saturated heterocycles. The minimum Gasteiger partial charge on any atom is -0.398 e. The summed E-state index contributed by atoms with van der Waals surface area (Å²) in [5.74, 6) is 0.813. The van der Waals surface area contributed by atoms with E-state index in [1.54, 1.807) is 16.1 Å². The van der Waals surface area contributed by atoms with Gasteiger partial charge in [0.25, 0.3) is 0 Å². The van der Waals surface area contributed by atoms with Crippen LogP contribution in [0.3, 0.4) is 0 Å². The lowest BCUT2D eigenvalue weighted by molar-refractivity contribution is 0.340. The highest BCUT2D eigenvalue weighted by atomic mass is 35.5. The maximum atomic E-state index is 12.6. The molecule has 1 aliphatic heterocycles. The molecular formula is C12H17ClN2O2S2. The van der Waals surface area contributed by atoms with Crippen LogP contribution in [0.1, 0.15) is 13.8 Å². The average molecular weight is 321 g/mol. The quantitative estimate of drug-likeness (QED) is 0.850. The zero-order chi connectivity index (χ0) is 14.2. The third kappa shape index (κ3) is 2.86. The summed E-state index contributed by atoms with van der Waals surface area (Å²) >= 11 is 7.71. The Morgan fingerprint density at radius 1 is 1.42 bits per heavy atom. The highest BCUT2D eigenvalue weighted by Crippen LogP contribution is 2.31. The second kappa shape index (κ2) is 5.52. The highest BCUT2D eigenvalue weighted by molar-refractivity contribution is 8.00. The lowest BCUT2D eigenvalue weighted by Gasteiger charge is -2.36. The molecule has 1 heterocycles. The van der Waals surface area contributed by atoms with Crippen molar-refractivity contribution in [1.29, 1.82) is 0 Å². The largest absolute Gasteiger partial charge is 0.398 e. The van der Waals surface area contributed by atoms with Crippen LogP contribution in [0.4, 0.5) is 5.69 Å². The van der Waals surface area contributed by atoms with E-state index < -0.39 is 10.0 Å². The lowest BCUT2D eigenvalue weighted by atomic mass is 10.2. The zero-order valence-corrected chi connectivity index (χ0v) is 13.2. The van der Waals surface area contributed by atoms with Crippen LogP contribution in [0.25, 0.3) is 0 Å². The van der Waals surface area contributed by atoms with Gasteiger partial charge in [0.15, 0.2) is 0 Å². The molecule has 0 aromatic heterocycles. The Bertz CT molecular complexity index is 577. The fourth-order valence-corrected chi connectivity index (χ4v) is 5.32. The molecule has 0 aliphatic carbocycles. The molecule has 0 amide bonds. The number of thioether (sulfide) groups is 1. The Hall–Kier alpha value is -0.430. The Kier molecular flexibility index (Phi) is 4.35. The number of rotatable bonds is 2. The molecule has 2 rings (SSSR count). The van der Waals surface area contributed by atoms with Crippen molar-refractivity contribution < 1.29 is 8.42 Å². The summed E-state index contributed by atoms with van der Waals surface area (Å²) in [6.45, 7) is 4.51. The van der Waals surface area contributed by atoms with E-state index in [2.05, 4.69) is 0 Å². The van der Waals surface area contributed by atoms with Gasteiger partial charge in [0.1, 0.15) is 0 Å². The van der Waals surface area contributed by atoms with E-state index in [-0.39, 0.29) is 21.2 Å². The summed E-state index contributed by atoms with van der Waals surface area (Å²) in [6.07, 6.45) is 0. The number of halogens is 1. The van der Waals surface area contributed by atoms with Crippen molar-refractivity contribution in [3.8, 4) is 0 Å². The average Bonchev–Trinajstić information content (AvgIpc) is 2.35. The van der Waals surface area contributed by atoms with E-state index in [1.807, 2.05) is 13.8 Å². The summed E-state index contributed by atoms with van der Waals surface area (Å²) in [7, 11) is -3.50. The molecule has 2 unspecified atom stereocenters. The molecule has 1 fully saturated rings. The number of nitrogens with two attached hydrogens (primary N) is 1. The Balaban J connectivity index is 2.38. The number of nitrogens with zero attached hydrogens (tertiary/aromatic N) is 1. The SMILES string of the molecule is CC1SCCN(S(=O)(=O)c2ccc(N)c(Cl)c2)C1C. The van der Waals surface area contributed by atoms with Gasteiger partial charge in [0, 0.05) is 23.6 Å². The van der Waals surface area contributed by atoms with Gasteiger partial charge in [-0.3, -0.25) is 0 Å². The first-order valence-corrected chi connectivity index (χ1v) is 8.89. The second-order valence-corrected chi connectivity index (χ2v) is 8.40. The van der Waals surface area contributed by atoms with Crippen molar-refractivity contribution in [1.82, 2.24) is 4.31 Å². The van der Waals surface area contributed by atoms with Crippen LogP contribution in [0.2, 0.25) is 5.02 Å². The van der Waals surface area contributed by atoms with Crippen molar-refractivity contribution >= 4 is 39.1 Å². The third-order valence-corrected chi connectivity index (χ3v) is 7.05. The van der Waals surface area contributed by atoms with Gasteiger partial charge < -0.3 is 5.73 Å². The van der Waals surface area contributed by atoms with Gasteiger partial charge in [0.2, 0.25) is 10.0 Å². The molecule has 19 heavy (non-hydrogen) atoms. The van der Waals surface area contributed by atoms with E-state index in [1.165, 1.54) is 18.2 Å². The molecule has 7 heteroatoms. The van der Waals surface area contributed by atoms with Crippen LogP contribution in [0.15, 0.2) is 23.1 Å². The van der Waals surface area contributed by atoms with Crippen molar-refractivity contribution in [3.05, 3.63) is 23.2 Å². The molecular weight excluding hydrogens is 304 g/mol. The minimum absolute atomic E-state index is 0.0277. The maximum Gasteiger partial charge on any atom is 0.243 e. The Morgan fingerprint density at radius 2 is 2.11 bits per heavy atom. The van der Waals surface area contributed by atoms with Crippen LogP contribution in [0, 0.1) is 0 Å². The number of sulfonamides is 1. The topological polar surface area (TPSA) is 63.4 Å². The van der Waals surface area contributed by atoms with Crippen molar-refractivity contribution in [3.63, 3.8) is 0 Å². The van der Waals surface area contributed by atoms with Crippen LogP contribution in [0.5, 0.6) is 0 Å². The lowest BCUT2D eigenvalue weighted by Crippen LogP contribution is -2.47. The third-order valence-electron chi connectivity index (χ3n) is 3.40. The van der Waals surface area contributed by atoms with E-state index >= 15 is 0 Å². The summed E-state index contributed by atoms with van der Waals surface area (Å²) in [5.41, 5.74) is 6.00. The molecule has 0 radical (unpaired) electrons. The first-order chi connectivity index (χ1) is 8.84. The first-order valence-electron chi connectivity index (χ1n) is 6.02. The maximum absolute atomic E-state index is 12.6. The molecule has 0 spiro atoms. The predicted octanol–water partition coefficient (Wildman–Crippen LogP) is 2.44. The molecule has 2 N–H and O–H groups in total. The molecule has 1 aromatic rings. The minimum atomic E-state index is -3.50. The Morgan fingerprint density at radius 3 is 2.74 bits per heavy atom. The molecule has 4 nitrogen and oxygen atoms in total. The Labute approximate surface area is 123 Å². The number of nitrogen functional groups attached to an aromatic ring is 1. The second-order valence-electron chi connectivity index (χ2n) is 4.62. The fraction of sp³-hybridized carbons (Fsp3) is 0.500. The van der Waals surface area contributed by atoms with Crippen molar-refractivity contribution in [2.24, 2.45) is 0 Å². The molecule has 1 aliphatic rings. The van der Waals surface area contributed by atoms with Gasteiger partial charge >= 0.3 is 0 Å². The van der Waals surface area contributed by atoms with Crippen molar-refractivity contribution in [2.45, 2.75) is 30.0 Å². The van der Waals surface area contributed by atoms with E-state index in [9.17, 15) is 8.42 Å². The number of hydrogen-bond acceptors (Lipinski definition) is 4. The summed E-state index contributed by atoms with van der Waals surface area (Å²) in [5, 5.41) is 0.556. The van der Waals surface area contributed by atoms with Crippen molar-refractivity contribution in [2.75, 3.05) is 18.0 Å². The number of benzene rings is 1. The van der Waals surface area contributed by atoms with Gasteiger partial charge in [-0.05, 0) is 25.1 Å². The predicted molar refractivity (Wildman–Crippen MR) is 81.1 cm³/mol. The standard InChI is InChI=1S/C12H17ClN2O2S2/c1-8-9(2)18-6-5-15(8)19(16,17)10-3-4-12(14)11(13)7-10/h3-4,7-9H,5-6,14H2,1-2H3. The van der Waals surface area contributed by atoms with Gasteiger partial charge in [-0.2, -0.15) is 16.1 Å². The number of anilines is 1. The van der Waals surface area contributed by atoms with Crippen LogP contribution in [-0.2, 0) is 10.0 Å². The zero-order valence-electron chi connectivity index (χ0n) is 10.8. The molecule has 0 bridgehead atoms. The molecule has 0 saturated carbocycles. The van der Waals surface area contributed by atoms with E-state index in [4.69, 9.17) is 17.3 Å². The van der Waals surface area contributed by atoms with Gasteiger partial charge in [0.05, 0.1) is 15.6 Å². The summed E-state index contributed by atoms with van der Waals surface area (Å²) < 4.78 is 26.8. The number of hydrogen-bond donors (Lipinski definition) is 1. The fourth-order valence-electron chi connectivity index (χ4n) is 2.05. The van der Waals surface area contributed by atoms with E-state index in [0.717, 1.165) is 5.75 Å². The summed E-state index contributed by atoms with van der Waals surface area (Å²) in [6, 6.07) is 4.43. The van der Waals surface area contributed by atoms with Crippen LogP contribution >= 0.6 is 23.4 Å². The summed E-state index contributed by atoms with van der Waals surface area (Å²) in [4.78, 5) is 0.206. The molecule has 2 atom stereocenters. The molecule has 1 aromatic carbocycles. The van der Waals surface area contributed by atoms with E-state index in [0.29, 0.717) is 12.2 Å². The monoisotopic (exact) mass is 320 g/mol.